The summed E-state index contributed by atoms with van der Waals surface area (Å²) in [4.78, 5) is 12.9. The Bertz CT molecular complexity index is 1280. The van der Waals surface area contributed by atoms with Crippen molar-refractivity contribution in [2.45, 2.75) is 175 Å². The number of benzene rings is 3. The van der Waals surface area contributed by atoms with E-state index in [0.29, 0.717) is 11.3 Å². The van der Waals surface area contributed by atoms with E-state index in [0.717, 1.165) is 48.5 Å². The van der Waals surface area contributed by atoms with Crippen molar-refractivity contribution in [1.29, 1.82) is 0 Å². The Hall–Kier alpha value is -3.11. The number of rotatable bonds is 31. The van der Waals surface area contributed by atoms with Gasteiger partial charge in [-0.15, -0.1) is 0 Å². The van der Waals surface area contributed by atoms with E-state index in [1.807, 2.05) is 60.7 Å². The summed E-state index contributed by atoms with van der Waals surface area (Å²) in [6.45, 7) is 8.17. The molecule has 0 bridgehead atoms. The molecule has 3 rings (SSSR count). The second-order valence-electron chi connectivity index (χ2n) is 14.8. The standard InChI is InChI=1S/C48H72O4/c1-4-6-8-10-12-13-14-15-16-17-18-19-20-22-23-25-39-50-41(3)42-27-29-45(30-28-42)48(49)52-47-37-33-44(34-38-47)43-31-35-46(36-32-43)51-40-26-24-21-11-9-7-5-2/h27-38,41H,4-26,39-40H2,1-3H3. The maximum atomic E-state index is 12.9. The molecule has 288 valence electrons. The van der Waals surface area contributed by atoms with Gasteiger partial charge in [0.2, 0.25) is 0 Å². The smallest absolute Gasteiger partial charge is 0.343 e. The van der Waals surface area contributed by atoms with E-state index in [1.165, 1.54) is 135 Å². The molecule has 0 aliphatic heterocycles. The molecule has 4 nitrogen and oxygen atoms in total. The zero-order chi connectivity index (χ0) is 36.9. The Balaban J connectivity index is 1.23. The molecule has 52 heavy (non-hydrogen) atoms. The van der Waals surface area contributed by atoms with Gasteiger partial charge in [-0.2, -0.15) is 0 Å². The first-order chi connectivity index (χ1) is 25.6. The summed E-state index contributed by atoms with van der Waals surface area (Å²) in [5.74, 6) is 1.08. The molecule has 0 heterocycles. The SMILES string of the molecule is CCCCCCCCCCCCCCCCCCOC(C)c1ccc(C(=O)Oc2ccc(-c3ccc(OCCCCCCCCC)cc3)cc2)cc1. The first kappa shape index (κ1) is 43.3. The molecule has 0 N–H and O–H groups in total. The van der Waals surface area contributed by atoms with Crippen molar-refractivity contribution in [2.24, 2.45) is 0 Å². The molecule has 4 heteroatoms. The monoisotopic (exact) mass is 713 g/mol. The van der Waals surface area contributed by atoms with Gasteiger partial charge in [-0.3, -0.25) is 0 Å². The number of ether oxygens (including phenoxy) is 3. The lowest BCUT2D eigenvalue weighted by atomic mass is 10.0. The van der Waals surface area contributed by atoms with Crippen LogP contribution in [-0.4, -0.2) is 19.2 Å². The molecule has 3 aromatic rings. The van der Waals surface area contributed by atoms with E-state index in [9.17, 15) is 4.79 Å². The molecule has 0 aromatic heterocycles. The van der Waals surface area contributed by atoms with Gasteiger partial charge in [0.25, 0.3) is 0 Å². The van der Waals surface area contributed by atoms with Gasteiger partial charge in [0, 0.05) is 6.61 Å². The second-order valence-corrected chi connectivity index (χ2v) is 14.8. The Morgan fingerprint density at radius 3 is 1.29 bits per heavy atom. The number of unbranched alkanes of at least 4 members (excludes halogenated alkanes) is 21. The van der Waals surface area contributed by atoms with E-state index in [4.69, 9.17) is 14.2 Å². The van der Waals surface area contributed by atoms with Crippen LogP contribution >= 0.6 is 0 Å². The number of esters is 1. The van der Waals surface area contributed by atoms with E-state index in [1.54, 1.807) is 0 Å². The Labute approximate surface area is 318 Å². The van der Waals surface area contributed by atoms with Crippen molar-refractivity contribution in [3.05, 3.63) is 83.9 Å². The predicted octanol–water partition coefficient (Wildman–Crippen LogP) is 15.0. The zero-order valence-electron chi connectivity index (χ0n) is 33.3. The third kappa shape index (κ3) is 19.1. The summed E-state index contributed by atoms with van der Waals surface area (Å²) in [7, 11) is 0. The molecule has 0 fully saturated rings. The molecule has 0 aliphatic carbocycles. The minimum Gasteiger partial charge on any atom is -0.494 e. The molecule has 0 amide bonds. The molecular weight excluding hydrogens is 641 g/mol. The van der Waals surface area contributed by atoms with Crippen molar-refractivity contribution >= 4 is 5.97 Å². The third-order valence-corrected chi connectivity index (χ3v) is 10.3. The quantitative estimate of drug-likeness (QED) is 0.0378. The minimum atomic E-state index is -0.358. The van der Waals surface area contributed by atoms with Gasteiger partial charge in [0.1, 0.15) is 11.5 Å². The van der Waals surface area contributed by atoms with Crippen LogP contribution in [0.4, 0.5) is 0 Å². The van der Waals surface area contributed by atoms with Gasteiger partial charge in [0.15, 0.2) is 0 Å². The van der Waals surface area contributed by atoms with Crippen LogP contribution in [-0.2, 0) is 4.74 Å². The number of carbonyl (C=O) groups excluding carboxylic acids is 1. The van der Waals surface area contributed by atoms with Crippen molar-refractivity contribution in [2.75, 3.05) is 13.2 Å². The fourth-order valence-electron chi connectivity index (χ4n) is 6.77. The maximum Gasteiger partial charge on any atom is 0.343 e. The van der Waals surface area contributed by atoms with Crippen molar-refractivity contribution in [3.8, 4) is 22.6 Å². The lowest BCUT2D eigenvalue weighted by Crippen LogP contribution is -2.09. The molecule has 0 radical (unpaired) electrons. The van der Waals surface area contributed by atoms with Crippen molar-refractivity contribution in [3.63, 3.8) is 0 Å². The minimum absolute atomic E-state index is 0.000288. The molecule has 1 atom stereocenters. The van der Waals surface area contributed by atoms with Crippen LogP contribution in [0.3, 0.4) is 0 Å². The van der Waals surface area contributed by atoms with Gasteiger partial charge in [-0.25, -0.2) is 4.79 Å². The van der Waals surface area contributed by atoms with Crippen LogP contribution in [0.1, 0.15) is 190 Å². The average molecular weight is 713 g/mol. The summed E-state index contributed by atoms with van der Waals surface area (Å²) in [6.07, 6.45) is 30.9. The van der Waals surface area contributed by atoms with Crippen LogP contribution in [0.15, 0.2) is 72.8 Å². The molecule has 0 saturated heterocycles. The third-order valence-electron chi connectivity index (χ3n) is 10.3. The van der Waals surface area contributed by atoms with E-state index < -0.39 is 0 Å². The summed E-state index contributed by atoms with van der Waals surface area (Å²) in [5.41, 5.74) is 3.77. The number of hydrogen-bond acceptors (Lipinski definition) is 4. The molecule has 0 spiro atoms. The lowest BCUT2D eigenvalue weighted by molar-refractivity contribution is 0.0626. The maximum absolute atomic E-state index is 12.9. The molecule has 0 aliphatic rings. The van der Waals surface area contributed by atoms with Gasteiger partial charge >= 0.3 is 5.97 Å². The highest BCUT2D eigenvalue weighted by atomic mass is 16.5. The van der Waals surface area contributed by atoms with Crippen LogP contribution in [0.2, 0.25) is 0 Å². The van der Waals surface area contributed by atoms with E-state index >= 15 is 0 Å². The van der Waals surface area contributed by atoms with Gasteiger partial charge in [-0.05, 0) is 72.9 Å². The van der Waals surface area contributed by atoms with Gasteiger partial charge < -0.3 is 14.2 Å². The first-order valence-corrected chi connectivity index (χ1v) is 21.4. The highest BCUT2D eigenvalue weighted by molar-refractivity contribution is 5.91. The molecule has 1 unspecified atom stereocenters. The second kappa shape index (κ2) is 28.4. The number of hydrogen-bond donors (Lipinski definition) is 0. The topological polar surface area (TPSA) is 44.8 Å². The molecule has 3 aromatic carbocycles. The first-order valence-electron chi connectivity index (χ1n) is 21.4. The Morgan fingerprint density at radius 2 is 0.846 bits per heavy atom. The lowest BCUT2D eigenvalue weighted by Gasteiger charge is -2.14. The average Bonchev–Trinajstić information content (AvgIpc) is 3.17. The molecule has 0 saturated carbocycles. The normalized spacial score (nSPS) is 11.8. The summed E-state index contributed by atoms with van der Waals surface area (Å²) < 4.78 is 17.7. The Kier molecular flexibility index (Phi) is 23.6. The van der Waals surface area contributed by atoms with E-state index in [-0.39, 0.29) is 12.1 Å². The van der Waals surface area contributed by atoms with Crippen molar-refractivity contribution < 1.29 is 19.0 Å². The fraction of sp³-hybridized carbons (Fsp3) is 0.604. The highest BCUT2D eigenvalue weighted by Gasteiger charge is 2.12. The predicted molar refractivity (Wildman–Crippen MR) is 221 cm³/mol. The van der Waals surface area contributed by atoms with Gasteiger partial charge in [0.05, 0.1) is 18.3 Å². The zero-order valence-corrected chi connectivity index (χ0v) is 33.3. The summed E-state index contributed by atoms with van der Waals surface area (Å²) in [6, 6.07) is 23.5. The van der Waals surface area contributed by atoms with Crippen molar-refractivity contribution in [1.82, 2.24) is 0 Å². The summed E-state index contributed by atoms with van der Waals surface area (Å²) in [5, 5.41) is 0. The Morgan fingerprint density at radius 1 is 0.462 bits per heavy atom. The summed E-state index contributed by atoms with van der Waals surface area (Å²) >= 11 is 0. The highest BCUT2D eigenvalue weighted by Crippen LogP contribution is 2.26. The van der Waals surface area contributed by atoms with Gasteiger partial charge in [-0.1, -0.05) is 185 Å². The van der Waals surface area contributed by atoms with Crippen LogP contribution in [0, 0.1) is 0 Å². The largest absolute Gasteiger partial charge is 0.494 e. The van der Waals surface area contributed by atoms with Crippen LogP contribution < -0.4 is 9.47 Å². The van der Waals surface area contributed by atoms with Crippen LogP contribution in [0.5, 0.6) is 11.5 Å². The van der Waals surface area contributed by atoms with E-state index in [2.05, 4.69) is 32.9 Å². The number of carbonyl (C=O) groups is 1. The fourth-order valence-corrected chi connectivity index (χ4v) is 6.77. The van der Waals surface area contributed by atoms with Crippen LogP contribution in [0.25, 0.3) is 11.1 Å². The molecular formula is C48H72O4.